The molecule has 0 amide bonds. The molecule has 0 atom stereocenters. The van der Waals surface area contributed by atoms with Gasteiger partial charge < -0.3 is 24.4 Å². The Labute approximate surface area is 310 Å². The summed E-state index contributed by atoms with van der Waals surface area (Å²) in [4.78, 5) is 18.6. The van der Waals surface area contributed by atoms with Crippen LogP contribution in [0.1, 0.15) is 49.1 Å². The van der Waals surface area contributed by atoms with Crippen LogP contribution in [0, 0.1) is 5.92 Å². The van der Waals surface area contributed by atoms with Crippen LogP contribution in [0.15, 0.2) is 91.0 Å². The van der Waals surface area contributed by atoms with Crippen molar-refractivity contribution >= 4 is 22.8 Å². The van der Waals surface area contributed by atoms with Crippen LogP contribution < -0.4 is 10.2 Å². The molecule has 12 heteroatoms. The van der Waals surface area contributed by atoms with Crippen LogP contribution in [0.4, 0.5) is 20.5 Å². The van der Waals surface area contributed by atoms with Gasteiger partial charge in [-0.05, 0) is 54.9 Å². The number of imidazole rings is 1. The highest BCUT2D eigenvalue weighted by molar-refractivity contribution is 5.78. The number of rotatable bonds is 17. The van der Waals surface area contributed by atoms with E-state index >= 15 is 0 Å². The molecule has 3 aromatic carbocycles. The molecule has 10 nitrogen and oxygen atoms in total. The summed E-state index contributed by atoms with van der Waals surface area (Å²) in [7, 11) is 0. The first-order valence-corrected chi connectivity index (χ1v) is 18.8. The summed E-state index contributed by atoms with van der Waals surface area (Å²) in [6.07, 6.45) is 1.50. The summed E-state index contributed by atoms with van der Waals surface area (Å²) in [5, 5.41) is 3.50. The lowest BCUT2D eigenvalue weighted by Crippen LogP contribution is -2.42. The van der Waals surface area contributed by atoms with Crippen molar-refractivity contribution in [2.75, 3.05) is 69.4 Å². The predicted octanol–water partition coefficient (Wildman–Crippen LogP) is 7.30. The maximum absolute atomic E-state index is 14.3. The van der Waals surface area contributed by atoms with E-state index in [1.54, 1.807) is 24.3 Å². The van der Waals surface area contributed by atoms with Gasteiger partial charge in [-0.3, -0.25) is 9.47 Å². The second kappa shape index (κ2) is 18.5. The van der Waals surface area contributed by atoms with Gasteiger partial charge in [0.2, 0.25) is 5.95 Å². The van der Waals surface area contributed by atoms with E-state index < -0.39 is 6.43 Å². The molecule has 1 aliphatic carbocycles. The first kappa shape index (κ1) is 36.9. The number of para-hydroxylation sites is 2. The van der Waals surface area contributed by atoms with E-state index in [9.17, 15) is 8.78 Å². The van der Waals surface area contributed by atoms with Crippen LogP contribution in [0.5, 0.6) is 0 Å². The van der Waals surface area contributed by atoms with Gasteiger partial charge in [0.1, 0.15) is 11.6 Å². The molecule has 53 heavy (non-hydrogen) atoms. The monoisotopic (exact) mass is 725 g/mol. The van der Waals surface area contributed by atoms with Crippen molar-refractivity contribution in [2.45, 2.75) is 51.4 Å². The van der Waals surface area contributed by atoms with E-state index in [4.69, 9.17) is 24.2 Å². The maximum atomic E-state index is 14.3. The lowest BCUT2D eigenvalue weighted by molar-refractivity contribution is 0.0357. The third-order valence-electron chi connectivity index (χ3n) is 10.2. The molecule has 1 N–H and O–H groups in total. The number of hydrogen-bond acceptors (Lipinski definition) is 9. The predicted molar refractivity (Wildman–Crippen MR) is 203 cm³/mol. The third-order valence-corrected chi connectivity index (χ3v) is 10.2. The average Bonchev–Trinajstić information content (AvgIpc) is 3.61. The van der Waals surface area contributed by atoms with Gasteiger partial charge >= 0.3 is 0 Å². The first-order chi connectivity index (χ1) is 26.1. The Morgan fingerprint density at radius 1 is 0.755 bits per heavy atom. The van der Waals surface area contributed by atoms with Crippen molar-refractivity contribution in [3.63, 3.8) is 0 Å². The standard InChI is InChI=1S/C41H49F2N7O3/c42-39(43)40-45-35-13-7-8-14-36(35)50(40)38-27-37(49-21-23-51-24-22-49)46-41(47-38)44-28-31-15-17-34(18-16-31)48(19-25-52-29-32-9-3-1-4-10-32)20-26-53-30-33-11-5-2-6-12-33/h1-14,27,31,34,39H,15-26,28-30H2,(H,44,46,47). The second-order valence-corrected chi connectivity index (χ2v) is 13.8. The van der Waals surface area contributed by atoms with Crippen molar-refractivity contribution in [1.82, 2.24) is 24.4 Å². The number of nitrogens with one attached hydrogen (secondary N) is 1. The molecule has 280 valence electrons. The second-order valence-electron chi connectivity index (χ2n) is 13.8. The topological polar surface area (TPSA) is 89.8 Å². The Morgan fingerprint density at radius 2 is 1.36 bits per heavy atom. The molecule has 0 bridgehead atoms. The van der Waals surface area contributed by atoms with Gasteiger partial charge in [-0.25, -0.2) is 13.8 Å². The summed E-state index contributed by atoms with van der Waals surface area (Å²) in [5.74, 6) is 1.58. The largest absolute Gasteiger partial charge is 0.378 e. The van der Waals surface area contributed by atoms with Crippen molar-refractivity contribution in [1.29, 1.82) is 0 Å². The fraction of sp³-hybridized carbons (Fsp3) is 0.439. The van der Waals surface area contributed by atoms with Crippen molar-refractivity contribution in [3.05, 3.63) is 108 Å². The van der Waals surface area contributed by atoms with E-state index in [0.717, 1.165) is 38.8 Å². The fourth-order valence-corrected chi connectivity index (χ4v) is 7.32. The average molecular weight is 726 g/mol. The number of nitrogens with zero attached hydrogens (tertiary/aromatic N) is 6. The first-order valence-electron chi connectivity index (χ1n) is 18.8. The van der Waals surface area contributed by atoms with Crippen molar-refractivity contribution < 1.29 is 23.0 Å². The highest BCUT2D eigenvalue weighted by Crippen LogP contribution is 2.31. The Hall–Kier alpha value is -4.49. The number of ether oxygens (including phenoxy) is 3. The van der Waals surface area contributed by atoms with E-state index in [2.05, 4.69) is 44.4 Å². The molecule has 5 aromatic rings. The molecule has 2 aromatic heterocycles. The maximum Gasteiger partial charge on any atom is 0.296 e. The van der Waals surface area contributed by atoms with Crippen LogP contribution in [-0.2, 0) is 27.4 Å². The molecular weight excluding hydrogens is 676 g/mol. The minimum Gasteiger partial charge on any atom is -0.378 e. The normalized spacial score (nSPS) is 17.9. The van der Waals surface area contributed by atoms with E-state index in [0.29, 0.717) is 99.9 Å². The number of aromatic nitrogens is 4. The minimum atomic E-state index is -2.76. The van der Waals surface area contributed by atoms with Crippen LogP contribution in [0.3, 0.4) is 0 Å². The van der Waals surface area contributed by atoms with Crippen LogP contribution in [0.25, 0.3) is 16.9 Å². The van der Waals surface area contributed by atoms with Gasteiger partial charge in [-0.15, -0.1) is 0 Å². The zero-order chi connectivity index (χ0) is 36.2. The Bertz CT molecular complexity index is 1800. The minimum absolute atomic E-state index is 0.331. The van der Waals surface area contributed by atoms with E-state index in [-0.39, 0.29) is 5.82 Å². The van der Waals surface area contributed by atoms with Gasteiger partial charge in [0.25, 0.3) is 6.43 Å². The number of anilines is 2. The molecule has 2 fully saturated rings. The molecule has 1 saturated carbocycles. The van der Waals surface area contributed by atoms with Gasteiger partial charge in [-0.1, -0.05) is 72.8 Å². The molecule has 1 saturated heterocycles. The Balaban J connectivity index is 0.990. The van der Waals surface area contributed by atoms with Gasteiger partial charge in [0.15, 0.2) is 5.82 Å². The Morgan fingerprint density at radius 3 is 2.00 bits per heavy atom. The summed E-state index contributed by atoms with van der Waals surface area (Å²) < 4.78 is 47.9. The zero-order valence-corrected chi connectivity index (χ0v) is 30.2. The Kier molecular flexibility index (Phi) is 12.9. The van der Waals surface area contributed by atoms with Crippen LogP contribution in [0.2, 0.25) is 0 Å². The highest BCUT2D eigenvalue weighted by Gasteiger charge is 2.27. The molecule has 0 radical (unpaired) electrons. The van der Waals surface area contributed by atoms with Gasteiger partial charge in [0.05, 0.1) is 50.7 Å². The zero-order valence-electron chi connectivity index (χ0n) is 30.2. The van der Waals surface area contributed by atoms with Crippen molar-refractivity contribution in [3.8, 4) is 5.82 Å². The number of alkyl halides is 2. The number of morpholine rings is 1. The van der Waals surface area contributed by atoms with Crippen LogP contribution >= 0.6 is 0 Å². The molecule has 0 spiro atoms. The molecular formula is C41H49F2N7O3. The molecule has 2 aliphatic rings. The lowest BCUT2D eigenvalue weighted by atomic mass is 9.85. The molecule has 0 unspecified atom stereocenters. The SMILES string of the molecule is FC(F)c1nc2ccccc2n1-c1cc(N2CCOCC2)nc(NCC2CCC(N(CCOCc3ccccc3)CCOCc3ccccc3)CC2)n1. The van der Waals surface area contributed by atoms with Gasteiger partial charge in [-0.2, -0.15) is 9.97 Å². The highest BCUT2D eigenvalue weighted by atomic mass is 19.3. The van der Waals surface area contributed by atoms with E-state index in [1.807, 2.05) is 42.5 Å². The molecule has 1 aliphatic heterocycles. The van der Waals surface area contributed by atoms with Crippen LogP contribution in [-0.4, -0.2) is 89.6 Å². The lowest BCUT2D eigenvalue weighted by Gasteiger charge is -2.37. The summed E-state index contributed by atoms with van der Waals surface area (Å²) in [6.45, 7) is 7.42. The third kappa shape index (κ3) is 9.94. The quantitative estimate of drug-likeness (QED) is 0.0993. The summed E-state index contributed by atoms with van der Waals surface area (Å²) >= 11 is 0. The van der Waals surface area contributed by atoms with E-state index in [1.165, 1.54) is 15.7 Å². The fourth-order valence-electron chi connectivity index (χ4n) is 7.32. The summed E-state index contributed by atoms with van der Waals surface area (Å²) in [5.41, 5.74) is 3.44. The van der Waals surface area contributed by atoms with Gasteiger partial charge in [0, 0.05) is 44.8 Å². The number of hydrogen-bond donors (Lipinski definition) is 1. The molecule has 3 heterocycles. The number of benzene rings is 3. The molecule has 7 rings (SSSR count). The van der Waals surface area contributed by atoms with Crippen molar-refractivity contribution in [2.24, 2.45) is 5.92 Å². The summed E-state index contributed by atoms with van der Waals surface area (Å²) in [6, 6.07) is 30.0. The number of fused-ring (bicyclic) bond motifs is 1. The number of halogens is 2. The smallest absolute Gasteiger partial charge is 0.296 e.